The summed E-state index contributed by atoms with van der Waals surface area (Å²) < 4.78 is 39.6. The van der Waals surface area contributed by atoms with Gasteiger partial charge in [0, 0.05) is 23.6 Å². The van der Waals surface area contributed by atoms with E-state index in [-0.39, 0.29) is 36.7 Å². The van der Waals surface area contributed by atoms with E-state index in [0.717, 1.165) is 16.7 Å². The lowest BCUT2D eigenvalue weighted by molar-refractivity contribution is -0.141. The van der Waals surface area contributed by atoms with Crippen molar-refractivity contribution >= 4 is 11.9 Å². The van der Waals surface area contributed by atoms with Crippen LogP contribution in [0.2, 0.25) is 0 Å². The van der Waals surface area contributed by atoms with Gasteiger partial charge >= 0.3 is 11.9 Å². The number of nitrogens with zero attached hydrogens (tertiary/aromatic N) is 1. The van der Waals surface area contributed by atoms with Gasteiger partial charge in [0.2, 0.25) is 18.3 Å². The summed E-state index contributed by atoms with van der Waals surface area (Å²) in [6, 6.07) is 10.5. The molecule has 0 saturated carbocycles. The first kappa shape index (κ1) is 23.9. The van der Waals surface area contributed by atoms with Crippen molar-refractivity contribution in [3.05, 3.63) is 65.0 Å². The lowest BCUT2D eigenvalue weighted by Crippen LogP contribution is -2.32. The number of pyridine rings is 1. The van der Waals surface area contributed by atoms with E-state index in [2.05, 4.69) is 4.98 Å². The van der Waals surface area contributed by atoms with Crippen LogP contribution in [0.3, 0.4) is 0 Å². The van der Waals surface area contributed by atoms with Gasteiger partial charge in [-0.3, -0.25) is 4.79 Å². The highest BCUT2D eigenvalue weighted by Crippen LogP contribution is 2.56. The quantitative estimate of drug-likeness (QED) is 0.354. The van der Waals surface area contributed by atoms with Crippen molar-refractivity contribution in [2.75, 3.05) is 34.7 Å². The molecule has 0 spiro atoms. The van der Waals surface area contributed by atoms with E-state index >= 15 is 0 Å². The predicted molar refractivity (Wildman–Crippen MR) is 131 cm³/mol. The number of hydrogen-bond acceptors (Lipinski definition) is 10. The van der Waals surface area contributed by atoms with Crippen LogP contribution in [0.5, 0.6) is 34.5 Å². The van der Waals surface area contributed by atoms with Gasteiger partial charge in [0.25, 0.3) is 0 Å². The molecule has 0 amide bonds. The highest BCUT2D eigenvalue weighted by atomic mass is 16.7. The Morgan fingerprint density at radius 2 is 1.76 bits per heavy atom. The standard InChI is InChI=1S/C28H25NO9/c1-32-19-9-14(10-20(33-2)25(19)34-3)22-16-11-21-26(37-13-36-21)24(38-27(30)18-6-4-5-7-29-18)17(16)8-15-12-35-28(31)23(15)22/h4-7,9-11,15,22-23H,8,12-13H2,1-3H3/t15-,22+,23+/m1/s1. The van der Waals surface area contributed by atoms with E-state index < -0.39 is 17.8 Å². The average molecular weight is 520 g/mol. The Labute approximate surface area is 218 Å². The van der Waals surface area contributed by atoms with Crippen LogP contribution in [-0.4, -0.2) is 51.7 Å². The molecule has 0 unspecified atom stereocenters. The number of carbonyl (C=O) groups is 2. The van der Waals surface area contributed by atoms with Gasteiger partial charge in [0.15, 0.2) is 23.0 Å². The summed E-state index contributed by atoms with van der Waals surface area (Å²) in [5.41, 5.74) is 2.44. The van der Waals surface area contributed by atoms with Gasteiger partial charge in [-0.15, -0.1) is 0 Å². The molecule has 3 atom stereocenters. The van der Waals surface area contributed by atoms with E-state index in [1.54, 1.807) is 18.2 Å². The lowest BCUT2D eigenvalue weighted by Gasteiger charge is -2.34. The third kappa shape index (κ3) is 3.75. The summed E-state index contributed by atoms with van der Waals surface area (Å²) in [6.07, 6.45) is 1.97. The minimum Gasteiger partial charge on any atom is -0.493 e. The molecule has 1 aliphatic carbocycles. The summed E-state index contributed by atoms with van der Waals surface area (Å²) in [5.74, 6) is 0.406. The Kier molecular flexibility index (Phi) is 5.94. The zero-order valence-corrected chi connectivity index (χ0v) is 21.0. The van der Waals surface area contributed by atoms with Crippen molar-refractivity contribution in [3.63, 3.8) is 0 Å². The van der Waals surface area contributed by atoms with Crippen molar-refractivity contribution in [1.82, 2.24) is 4.98 Å². The summed E-state index contributed by atoms with van der Waals surface area (Å²) >= 11 is 0. The Balaban J connectivity index is 1.54. The monoisotopic (exact) mass is 519 g/mol. The number of carbonyl (C=O) groups excluding carboxylic acids is 2. The van der Waals surface area contributed by atoms with Crippen LogP contribution in [0, 0.1) is 11.8 Å². The molecule has 2 aromatic carbocycles. The number of cyclic esters (lactones) is 1. The SMILES string of the molecule is COc1cc([C@H]2c3cc4c(c(OC(=O)c5ccccn5)c3C[C@@H]3COC(=O)[C@@H]32)OCO4)cc(OC)c1OC. The first-order chi connectivity index (χ1) is 18.5. The third-order valence-electron chi connectivity index (χ3n) is 7.25. The molecule has 10 heteroatoms. The molecule has 1 fully saturated rings. The van der Waals surface area contributed by atoms with Gasteiger partial charge in [-0.1, -0.05) is 6.07 Å². The Morgan fingerprint density at radius 3 is 2.45 bits per heavy atom. The molecular weight excluding hydrogens is 494 g/mol. The Bertz CT molecular complexity index is 1400. The molecule has 3 aliphatic rings. The van der Waals surface area contributed by atoms with Gasteiger partial charge < -0.3 is 33.2 Å². The topological polar surface area (TPSA) is 112 Å². The van der Waals surface area contributed by atoms with Gasteiger partial charge in [-0.25, -0.2) is 9.78 Å². The zero-order chi connectivity index (χ0) is 26.4. The third-order valence-corrected chi connectivity index (χ3v) is 7.25. The highest BCUT2D eigenvalue weighted by molar-refractivity contribution is 5.90. The van der Waals surface area contributed by atoms with Gasteiger partial charge in [-0.2, -0.15) is 0 Å². The average Bonchev–Trinajstić information content (AvgIpc) is 3.58. The highest BCUT2D eigenvalue weighted by Gasteiger charge is 2.50. The second kappa shape index (κ2) is 9.44. The number of fused-ring (bicyclic) bond motifs is 3. The molecule has 1 aromatic heterocycles. The molecule has 3 heterocycles. The second-order valence-electron chi connectivity index (χ2n) is 9.17. The summed E-state index contributed by atoms with van der Waals surface area (Å²) in [6.45, 7) is 0.238. The van der Waals surface area contributed by atoms with Crippen molar-refractivity contribution in [2.24, 2.45) is 11.8 Å². The molecule has 10 nitrogen and oxygen atoms in total. The van der Waals surface area contributed by atoms with Gasteiger partial charge in [0.05, 0.1) is 33.9 Å². The van der Waals surface area contributed by atoms with Crippen molar-refractivity contribution in [2.45, 2.75) is 12.3 Å². The van der Waals surface area contributed by atoms with Crippen molar-refractivity contribution in [3.8, 4) is 34.5 Å². The first-order valence-electron chi connectivity index (χ1n) is 12.1. The van der Waals surface area contributed by atoms with Crippen LogP contribution in [0.1, 0.15) is 33.1 Å². The van der Waals surface area contributed by atoms with Crippen LogP contribution in [-0.2, 0) is 16.0 Å². The van der Waals surface area contributed by atoms with Crippen LogP contribution < -0.4 is 28.4 Å². The minimum absolute atomic E-state index is 0.0177. The molecule has 6 rings (SSSR count). The molecule has 38 heavy (non-hydrogen) atoms. The lowest BCUT2D eigenvalue weighted by atomic mass is 9.67. The zero-order valence-electron chi connectivity index (χ0n) is 21.0. The molecule has 0 N–H and O–H groups in total. The molecule has 1 saturated heterocycles. The fourth-order valence-corrected chi connectivity index (χ4v) is 5.59. The molecule has 0 radical (unpaired) electrons. The van der Waals surface area contributed by atoms with E-state index in [1.165, 1.54) is 27.5 Å². The van der Waals surface area contributed by atoms with Crippen molar-refractivity contribution in [1.29, 1.82) is 0 Å². The minimum atomic E-state index is -0.623. The van der Waals surface area contributed by atoms with E-state index in [1.807, 2.05) is 18.2 Å². The van der Waals surface area contributed by atoms with Gasteiger partial charge in [-0.05, 0) is 47.9 Å². The maximum absolute atomic E-state index is 13.1. The van der Waals surface area contributed by atoms with Crippen LogP contribution in [0.25, 0.3) is 0 Å². The Morgan fingerprint density at radius 1 is 0.974 bits per heavy atom. The molecule has 3 aromatic rings. The maximum atomic E-state index is 13.1. The summed E-state index contributed by atoms with van der Waals surface area (Å²) in [7, 11) is 4.61. The van der Waals surface area contributed by atoms with Gasteiger partial charge in [0.1, 0.15) is 5.69 Å². The molecule has 0 bridgehead atoms. The van der Waals surface area contributed by atoms with Crippen LogP contribution in [0.4, 0.5) is 0 Å². The Hall–Kier alpha value is -4.47. The van der Waals surface area contributed by atoms with E-state index in [4.69, 9.17) is 33.2 Å². The summed E-state index contributed by atoms with van der Waals surface area (Å²) in [5, 5.41) is 0. The number of hydrogen-bond donors (Lipinski definition) is 0. The maximum Gasteiger partial charge on any atom is 0.362 e. The second-order valence-corrected chi connectivity index (χ2v) is 9.17. The van der Waals surface area contributed by atoms with E-state index in [9.17, 15) is 9.59 Å². The largest absolute Gasteiger partial charge is 0.493 e. The normalized spacial score (nSPS) is 20.7. The van der Waals surface area contributed by atoms with Crippen LogP contribution >= 0.6 is 0 Å². The van der Waals surface area contributed by atoms with Crippen LogP contribution in [0.15, 0.2) is 42.6 Å². The van der Waals surface area contributed by atoms with Crippen molar-refractivity contribution < 1.29 is 42.7 Å². The number of esters is 2. The predicted octanol–water partition coefficient (Wildman–Crippen LogP) is 3.53. The number of methoxy groups -OCH3 is 3. The summed E-state index contributed by atoms with van der Waals surface area (Å²) in [4.78, 5) is 30.2. The molecule has 2 aliphatic heterocycles. The number of ether oxygens (including phenoxy) is 7. The number of rotatable bonds is 6. The molecular formula is C28H25NO9. The fraction of sp³-hybridized carbons (Fsp3) is 0.321. The number of aromatic nitrogens is 1. The van der Waals surface area contributed by atoms with E-state index in [0.29, 0.717) is 35.2 Å². The first-order valence-corrected chi connectivity index (χ1v) is 12.1. The number of benzene rings is 2. The molecule has 196 valence electrons. The smallest absolute Gasteiger partial charge is 0.362 e. The fourth-order valence-electron chi connectivity index (χ4n) is 5.59.